The molecule has 162 valence electrons. The highest BCUT2D eigenvalue weighted by Gasteiger charge is 2.42. The van der Waals surface area contributed by atoms with Crippen LogP contribution in [0, 0.1) is 13.8 Å². The first kappa shape index (κ1) is 21.1. The zero-order chi connectivity index (χ0) is 22.0. The first-order valence-corrected chi connectivity index (χ1v) is 10.5. The van der Waals surface area contributed by atoms with E-state index in [9.17, 15) is 9.59 Å². The quantitative estimate of drug-likeness (QED) is 0.779. The molecule has 4 rings (SSSR count). The van der Waals surface area contributed by atoms with Gasteiger partial charge in [-0.25, -0.2) is 0 Å². The second-order valence-electron chi connectivity index (χ2n) is 8.30. The fraction of sp³-hybridized carbons (Fsp3) is 0.375. The number of piperidine rings is 1. The number of ether oxygens (including phenoxy) is 1. The Morgan fingerprint density at radius 3 is 2.48 bits per heavy atom. The van der Waals surface area contributed by atoms with Crippen LogP contribution >= 0.6 is 0 Å². The molecule has 2 amide bonds. The summed E-state index contributed by atoms with van der Waals surface area (Å²) in [6.45, 7) is 5.79. The zero-order valence-electron chi connectivity index (χ0n) is 18.2. The predicted molar refractivity (Wildman–Crippen MR) is 121 cm³/mol. The average Bonchev–Trinajstić information content (AvgIpc) is 3.08. The maximum Gasteiger partial charge on any atom is 0.272 e. The largest absolute Gasteiger partial charge is 0.497 e. The van der Waals surface area contributed by atoms with E-state index in [1.807, 2.05) is 49.4 Å². The summed E-state index contributed by atoms with van der Waals surface area (Å²) in [4.78, 5) is 32.0. The Hall–Kier alpha value is -3.19. The summed E-state index contributed by atoms with van der Waals surface area (Å²) < 4.78 is 5.13. The molecule has 31 heavy (non-hydrogen) atoms. The van der Waals surface area contributed by atoms with Crippen LogP contribution < -0.4 is 15.4 Å². The number of amides is 2. The molecule has 2 N–H and O–H groups in total. The summed E-state index contributed by atoms with van der Waals surface area (Å²) in [5.41, 5.74) is 3.89. The van der Waals surface area contributed by atoms with Gasteiger partial charge in [-0.3, -0.25) is 19.5 Å². The van der Waals surface area contributed by atoms with Gasteiger partial charge in [0, 0.05) is 37.2 Å². The Morgan fingerprint density at radius 1 is 1.13 bits per heavy atom. The van der Waals surface area contributed by atoms with E-state index in [4.69, 9.17) is 9.73 Å². The Bertz CT molecular complexity index is 1020. The van der Waals surface area contributed by atoms with E-state index in [2.05, 4.69) is 22.5 Å². The number of carbonyl (C=O) groups is 2. The van der Waals surface area contributed by atoms with Crippen LogP contribution in [0.4, 0.5) is 5.69 Å². The number of likely N-dealkylation sites (tertiary alicyclic amines) is 1. The molecule has 0 saturated carbocycles. The summed E-state index contributed by atoms with van der Waals surface area (Å²) in [6, 6.07) is 13.3. The monoisotopic (exact) mass is 420 g/mol. The second-order valence-corrected chi connectivity index (χ2v) is 8.30. The van der Waals surface area contributed by atoms with Gasteiger partial charge in [0.15, 0.2) is 0 Å². The van der Waals surface area contributed by atoms with E-state index in [1.165, 1.54) is 5.56 Å². The van der Waals surface area contributed by atoms with Crippen LogP contribution in [0.2, 0.25) is 0 Å². The number of anilines is 1. The van der Waals surface area contributed by atoms with Crippen LogP contribution in [0.25, 0.3) is 0 Å². The topological polar surface area (TPSA) is 83.0 Å². The number of nitrogens with one attached hydrogen (secondary N) is 2. The van der Waals surface area contributed by atoms with Crippen LogP contribution in [-0.2, 0) is 9.59 Å². The Labute approximate surface area is 182 Å². The van der Waals surface area contributed by atoms with E-state index in [0.29, 0.717) is 38.2 Å². The van der Waals surface area contributed by atoms with Crippen molar-refractivity contribution in [2.45, 2.75) is 32.4 Å². The lowest BCUT2D eigenvalue weighted by atomic mass is 9.98. The standard InChI is InChI=1S/C24H28N4O3/c1-16-4-5-18(14-17(16)2)22-23(30)27-24(26-22)10-12-28(13-11-24)15-21(29)25-19-6-8-20(31-3)9-7-19/h4-9,14H,10-13,15H2,1-3H3,(H,25,29)(H,27,30). The van der Waals surface area contributed by atoms with Crippen molar-refractivity contribution in [2.24, 2.45) is 4.99 Å². The molecule has 7 nitrogen and oxygen atoms in total. The number of hydrogen-bond acceptors (Lipinski definition) is 5. The third-order valence-corrected chi connectivity index (χ3v) is 6.09. The summed E-state index contributed by atoms with van der Waals surface area (Å²) >= 11 is 0. The van der Waals surface area contributed by atoms with Crippen LogP contribution in [0.3, 0.4) is 0 Å². The SMILES string of the molecule is COc1ccc(NC(=O)CN2CCC3(CC2)N=C(c2ccc(C)c(C)c2)C(=O)N3)cc1. The van der Waals surface area contributed by atoms with Gasteiger partial charge in [0.2, 0.25) is 5.91 Å². The number of aryl methyl sites for hydroxylation is 2. The molecule has 0 unspecified atom stereocenters. The molecule has 0 bridgehead atoms. The molecule has 2 aromatic carbocycles. The Kier molecular flexibility index (Phi) is 5.78. The van der Waals surface area contributed by atoms with Gasteiger partial charge < -0.3 is 15.4 Å². The molecule has 1 spiro atoms. The zero-order valence-corrected chi connectivity index (χ0v) is 18.2. The summed E-state index contributed by atoms with van der Waals surface area (Å²) in [5.74, 6) is 0.573. The Morgan fingerprint density at radius 2 is 1.84 bits per heavy atom. The van der Waals surface area contributed by atoms with Crippen LogP contribution in [0.5, 0.6) is 5.75 Å². The molecule has 1 fully saturated rings. The number of aliphatic imine (C=N–C) groups is 1. The first-order chi connectivity index (χ1) is 14.9. The smallest absolute Gasteiger partial charge is 0.272 e. The van der Waals surface area contributed by atoms with Crippen molar-refractivity contribution in [3.63, 3.8) is 0 Å². The maximum absolute atomic E-state index is 12.6. The van der Waals surface area contributed by atoms with Gasteiger partial charge in [-0.1, -0.05) is 12.1 Å². The third-order valence-electron chi connectivity index (χ3n) is 6.09. The van der Waals surface area contributed by atoms with Crippen molar-refractivity contribution in [2.75, 3.05) is 32.1 Å². The molecule has 2 aliphatic rings. The van der Waals surface area contributed by atoms with Crippen molar-refractivity contribution in [3.8, 4) is 5.75 Å². The normalized spacial score (nSPS) is 17.9. The molecular formula is C24H28N4O3. The lowest BCUT2D eigenvalue weighted by Gasteiger charge is -2.36. The number of rotatable bonds is 5. The van der Waals surface area contributed by atoms with Gasteiger partial charge in [0.05, 0.1) is 13.7 Å². The number of methoxy groups -OCH3 is 1. The van der Waals surface area contributed by atoms with E-state index < -0.39 is 5.66 Å². The predicted octanol–water partition coefficient (Wildman–Crippen LogP) is 2.66. The van der Waals surface area contributed by atoms with Crippen LogP contribution in [-0.4, -0.2) is 54.8 Å². The van der Waals surface area contributed by atoms with E-state index in [1.54, 1.807) is 7.11 Å². The van der Waals surface area contributed by atoms with Gasteiger partial charge >= 0.3 is 0 Å². The molecular weight excluding hydrogens is 392 g/mol. The number of carbonyl (C=O) groups excluding carboxylic acids is 2. The lowest BCUT2D eigenvalue weighted by molar-refractivity contribution is -0.119. The van der Waals surface area contributed by atoms with Crippen LogP contribution in [0.15, 0.2) is 47.5 Å². The molecule has 2 aliphatic heterocycles. The number of hydrogen-bond donors (Lipinski definition) is 2. The molecule has 0 aromatic heterocycles. The molecule has 7 heteroatoms. The molecule has 0 aliphatic carbocycles. The van der Waals surface area contributed by atoms with Crippen molar-refractivity contribution >= 4 is 23.2 Å². The van der Waals surface area contributed by atoms with Gasteiger partial charge in [-0.15, -0.1) is 0 Å². The van der Waals surface area contributed by atoms with E-state index in [0.717, 1.165) is 22.6 Å². The summed E-state index contributed by atoms with van der Waals surface area (Å²) in [6.07, 6.45) is 1.37. The van der Waals surface area contributed by atoms with Crippen molar-refractivity contribution < 1.29 is 14.3 Å². The lowest BCUT2D eigenvalue weighted by Crippen LogP contribution is -2.52. The average molecular weight is 421 g/mol. The highest BCUT2D eigenvalue weighted by molar-refractivity contribution is 6.46. The van der Waals surface area contributed by atoms with Gasteiger partial charge in [-0.05, 0) is 55.3 Å². The minimum Gasteiger partial charge on any atom is -0.497 e. The molecule has 1 saturated heterocycles. The van der Waals surface area contributed by atoms with E-state index in [-0.39, 0.29) is 11.8 Å². The minimum absolute atomic E-state index is 0.0594. The van der Waals surface area contributed by atoms with Gasteiger partial charge in [-0.2, -0.15) is 0 Å². The molecule has 0 radical (unpaired) electrons. The highest BCUT2D eigenvalue weighted by atomic mass is 16.5. The molecule has 2 heterocycles. The third kappa shape index (κ3) is 4.61. The summed E-state index contributed by atoms with van der Waals surface area (Å²) in [7, 11) is 1.61. The fourth-order valence-corrected chi connectivity index (χ4v) is 4.04. The molecule has 0 atom stereocenters. The second kappa shape index (κ2) is 8.51. The van der Waals surface area contributed by atoms with Crippen molar-refractivity contribution in [3.05, 3.63) is 59.2 Å². The molecule has 2 aromatic rings. The van der Waals surface area contributed by atoms with Crippen LogP contribution in [0.1, 0.15) is 29.5 Å². The van der Waals surface area contributed by atoms with Crippen molar-refractivity contribution in [1.82, 2.24) is 10.2 Å². The minimum atomic E-state index is -0.561. The number of nitrogens with zero attached hydrogens (tertiary/aromatic N) is 2. The van der Waals surface area contributed by atoms with Crippen molar-refractivity contribution in [1.29, 1.82) is 0 Å². The van der Waals surface area contributed by atoms with Gasteiger partial charge in [0.1, 0.15) is 17.1 Å². The first-order valence-electron chi connectivity index (χ1n) is 10.5. The highest BCUT2D eigenvalue weighted by Crippen LogP contribution is 2.29. The maximum atomic E-state index is 12.6. The van der Waals surface area contributed by atoms with E-state index >= 15 is 0 Å². The van der Waals surface area contributed by atoms with Gasteiger partial charge in [0.25, 0.3) is 5.91 Å². The summed E-state index contributed by atoms with van der Waals surface area (Å²) in [5, 5.41) is 6.01. The fourth-order valence-electron chi connectivity index (χ4n) is 4.04. The Balaban J connectivity index is 1.35. The number of benzene rings is 2.